The molecule has 0 amide bonds. The fourth-order valence-electron chi connectivity index (χ4n) is 4.13. The maximum atomic E-state index is 13.4. The summed E-state index contributed by atoms with van der Waals surface area (Å²) in [7, 11) is 0. The third-order valence-electron chi connectivity index (χ3n) is 5.96. The van der Waals surface area contributed by atoms with E-state index in [9.17, 15) is 9.18 Å². The number of thiophene rings is 1. The van der Waals surface area contributed by atoms with Crippen molar-refractivity contribution in [3.8, 4) is 0 Å². The van der Waals surface area contributed by atoms with Crippen LogP contribution in [-0.4, -0.2) is 22.1 Å². The Hall–Kier alpha value is -2.05. The van der Waals surface area contributed by atoms with Crippen molar-refractivity contribution in [1.82, 2.24) is 14.9 Å². The van der Waals surface area contributed by atoms with Crippen LogP contribution in [-0.2, 0) is 25.8 Å². The standard InChI is InChI=1S/C22H24FN3OS/c23-16-3-1-2-14(10-16)8-9-26-13-25-21-20(22(26)27)18-7-6-17(11-19(18)28-21)24-12-15-4-5-15/h1-3,10,13,15,17,24H,4-9,11-12H2/t17-/m0/s1. The summed E-state index contributed by atoms with van der Waals surface area (Å²) in [5, 5.41) is 4.52. The van der Waals surface area contributed by atoms with E-state index in [1.165, 1.54) is 35.4 Å². The first-order valence-electron chi connectivity index (χ1n) is 10.1. The summed E-state index contributed by atoms with van der Waals surface area (Å²) in [6.45, 7) is 1.65. The Kier molecular flexibility index (Phi) is 4.77. The SMILES string of the molecule is O=c1c2c3c(sc2ncn1CCc1cccc(F)c1)C[C@@H](NCC1CC1)CC3. The van der Waals surface area contributed by atoms with Gasteiger partial charge in [0.15, 0.2) is 0 Å². The summed E-state index contributed by atoms with van der Waals surface area (Å²) < 4.78 is 15.1. The molecular weight excluding hydrogens is 373 g/mol. The lowest BCUT2D eigenvalue weighted by Crippen LogP contribution is -2.35. The Morgan fingerprint density at radius 2 is 2.18 bits per heavy atom. The third kappa shape index (κ3) is 3.63. The van der Waals surface area contributed by atoms with Crippen molar-refractivity contribution in [3.63, 3.8) is 0 Å². The number of rotatable bonds is 6. The molecule has 0 aliphatic heterocycles. The molecule has 1 N–H and O–H groups in total. The molecule has 4 nitrogen and oxygen atoms in total. The van der Waals surface area contributed by atoms with Gasteiger partial charge in [0.1, 0.15) is 10.6 Å². The minimum atomic E-state index is -0.241. The molecule has 1 fully saturated rings. The largest absolute Gasteiger partial charge is 0.313 e. The molecular formula is C22H24FN3OS. The van der Waals surface area contributed by atoms with E-state index in [1.54, 1.807) is 28.3 Å². The van der Waals surface area contributed by atoms with Crippen molar-refractivity contribution in [2.45, 2.75) is 51.1 Å². The summed E-state index contributed by atoms with van der Waals surface area (Å²) >= 11 is 1.68. The van der Waals surface area contributed by atoms with Crippen LogP contribution in [0.5, 0.6) is 0 Å². The molecule has 0 unspecified atom stereocenters. The highest BCUT2D eigenvalue weighted by Crippen LogP contribution is 2.34. The predicted octanol–water partition coefficient (Wildman–Crippen LogP) is 3.70. The van der Waals surface area contributed by atoms with E-state index in [0.29, 0.717) is 19.0 Å². The van der Waals surface area contributed by atoms with Gasteiger partial charge in [0.2, 0.25) is 0 Å². The topological polar surface area (TPSA) is 46.9 Å². The lowest BCUT2D eigenvalue weighted by molar-refractivity contribution is 0.453. The van der Waals surface area contributed by atoms with Crippen LogP contribution >= 0.6 is 11.3 Å². The smallest absolute Gasteiger partial charge is 0.262 e. The van der Waals surface area contributed by atoms with E-state index >= 15 is 0 Å². The first-order valence-corrected chi connectivity index (χ1v) is 11.0. The molecule has 0 saturated heterocycles. The van der Waals surface area contributed by atoms with E-state index in [4.69, 9.17) is 0 Å². The third-order valence-corrected chi connectivity index (χ3v) is 7.12. The molecule has 5 rings (SSSR count). The maximum absolute atomic E-state index is 13.4. The zero-order valence-electron chi connectivity index (χ0n) is 15.8. The van der Waals surface area contributed by atoms with Gasteiger partial charge in [-0.25, -0.2) is 9.37 Å². The number of aryl methyl sites for hydroxylation is 3. The number of hydrogen-bond donors (Lipinski definition) is 1. The minimum absolute atomic E-state index is 0.0447. The number of hydrogen-bond acceptors (Lipinski definition) is 4. The second kappa shape index (κ2) is 7.41. The Balaban J connectivity index is 1.36. The van der Waals surface area contributed by atoms with Crippen molar-refractivity contribution in [2.24, 2.45) is 5.92 Å². The van der Waals surface area contributed by atoms with Crippen LogP contribution in [0.4, 0.5) is 4.39 Å². The molecule has 1 atom stereocenters. The number of aromatic nitrogens is 2. The number of benzene rings is 1. The molecule has 6 heteroatoms. The van der Waals surface area contributed by atoms with Crippen molar-refractivity contribution in [3.05, 3.63) is 62.8 Å². The van der Waals surface area contributed by atoms with Crippen molar-refractivity contribution in [2.75, 3.05) is 6.54 Å². The Morgan fingerprint density at radius 3 is 3.00 bits per heavy atom. The molecule has 2 aromatic heterocycles. The van der Waals surface area contributed by atoms with Gasteiger partial charge in [0, 0.05) is 17.5 Å². The fourth-order valence-corrected chi connectivity index (χ4v) is 5.39. The molecule has 2 aliphatic rings. The molecule has 1 aromatic carbocycles. The van der Waals surface area contributed by atoms with E-state index in [-0.39, 0.29) is 11.4 Å². The van der Waals surface area contributed by atoms with E-state index < -0.39 is 0 Å². The molecule has 0 spiro atoms. The molecule has 28 heavy (non-hydrogen) atoms. The summed E-state index contributed by atoms with van der Waals surface area (Å²) in [5.74, 6) is 0.644. The average molecular weight is 398 g/mol. The molecule has 1 saturated carbocycles. The van der Waals surface area contributed by atoms with Crippen LogP contribution in [0, 0.1) is 11.7 Å². The zero-order chi connectivity index (χ0) is 19.1. The number of halogens is 1. The Bertz CT molecular complexity index is 1070. The Labute approximate surface area is 167 Å². The summed E-state index contributed by atoms with van der Waals surface area (Å²) in [6.07, 6.45) is 8.04. The number of fused-ring (bicyclic) bond motifs is 3. The van der Waals surface area contributed by atoms with Gasteiger partial charge in [-0.3, -0.25) is 9.36 Å². The lowest BCUT2D eigenvalue weighted by atomic mass is 9.93. The van der Waals surface area contributed by atoms with Crippen LogP contribution in [0.15, 0.2) is 35.4 Å². The predicted molar refractivity (Wildman–Crippen MR) is 111 cm³/mol. The molecule has 2 aliphatic carbocycles. The average Bonchev–Trinajstić information content (AvgIpc) is 3.44. The van der Waals surface area contributed by atoms with Crippen LogP contribution in [0.3, 0.4) is 0 Å². The van der Waals surface area contributed by atoms with E-state index in [1.807, 2.05) is 6.07 Å². The first kappa shape index (κ1) is 18.0. The fraction of sp³-hybridized carbons (Fsp3) is 0.455. The van der Waals surface area contributed by atoms with Gasteiger partial charge in [-0.2, -0.15) is 0 Å². The molecule has 0 radical (unpaired) electrons. The number of nitrogens with zero attached hydrogens (tertiary/aromatic N) is 2. The van der Waals surface area contributed by atoms with Crippen molar-refractivity contribution >= 4 is 21.6 Å². The van der Waals surface area contributed by atoms with Gasteiger partial charge < -0.3 is 5.32 Å². The van der Waals surface area contributed by atoms with Crippen LogP contribution in [0.1, 0.15) is 35.3 Å². The van der Waals surface area contributed by atoms with Gasteiger partial charge in [0.05, 0.1) is 11.7 Å². The zero-order valence-corrected chi connectivity index (χ0v) is 16.6. The highest BCUT2D eigenvalue weighted by Gasteiger charge is 2.27. The second-order valence-electron chi connectivity index (χ2n) is 8.10. The second-order valence-corrected chi connectivity index (χ2v) is 9.18. The highest BCUT2D eigenvalue weighted by molar-refractivity contribution is 7.18. The monoisotopic (exact) mass is 397 g/mol. The van der Waals surface area contributed by atoms with Gasteiger partial charge in [-0.1, -0.05) is 12.1 Å². The minimum Gasteiger partial charge on any atom is -0.313 e. The van der Waals surface area contributed by atoms with Crippen LogP contribution in [0.2, 0.25) is 0 Å². The summed E-state index contributed by atoms with van der Waals surface area (Å²) in [5.41, 5.74) is 2.15. The van der Waals surface area contributed by atoms with Gasteiger partial charge in [0.25, 0.3) is 5.56 Å². The van der Waals surface area contributed by atoms with E-state index in [2.05, 4.69) is 10.3 Å². The molecule has 146 valence electrons. The normalized spacial score (nSPS) is 19.1. The van der Waals surface area contributed by atoms with Gasteiger partial charge in [-0.15, -0.1) is 11.3 Å². The molecule has 0 bridgehead atoms. The Morgan fingerprint density at radius 1 is 1.29 bits per heavy atom. The van der Waals surface area contributed by atoms with E-state index in [0.717, 1.165) is 47.5 Å². The number of nitrogens with one attached hydrogen (secondary N) is 1. The van der Waals surface area contributed by atoms with Crippen LogP contribution < -0.4 is 10.9 Å². The summed E-state index contributed by atoms with van der Waals surface area (Å²) in [6, 6.07) is 7.08. The lowest BCUT2D eigenvalue weighted by Gasteiger charge is -2.23. The summed E-state index contributed by atoms with van der Waals surface area (Å²) in [4.78, 5) is 19.8. The van der Waals surface area contributed by atoms with Crippen LogP contribution in [0.25, 0.3) is 10.2 Å². The van der Waals surface area contributed by atoms with Gasteiger partial charge >= 0.3 is 0 Å². The maximum Gasteiger partial charge on any atom is 0.262 e. The van der Waals surface area contributed by atoms with Gasteiger partial charge in [-0.05, 0) is 74.2 Å². The molecule has 2 heterocycles. The highest BCUT2D eigenvalue weighted by atomic mass is 32.1. The molecule has 3 aromatic rings. The van der Waals surface area contributed by atoms with Crippen molar-refractivity contribution < 1.29 is 4.39 Å². The van der Waals surface area contributed by atoms with Crippen molar-refractivity contribution in [1.29, 1.82) is 0 Å². The quantitative estimate of drug-likeness (QED) is 0.690. The first-order chi connectivity index (χ1) is 13.7.